The lowest BCUT2D eigenvalue weighted by molar-refractivity contribution is 1.41. The Morgan fingerprint density at radius 3 is 1.39 bits per heavy atom. The van der Waals surface area contributed by atoms with Gasteiger partial charge in [0, 0.05) is 0 Å². The molecule has 0 aliphatic heterocycles. The molecular weight excluding hydrogens is 216 g/mol. The maximum atomic E-state index is 3.90. The lowest BCUT2D eigenvalue weighted by atomic mass is 9.90. The van der Waals surface area contributed by atoms with Crippen molar-refractivity contribution < 1.29 is 0 Å². The SMILES string of the molecule is C=Cc1c(C=C)c(C)c2ccccc2c1C.CC. The van der Waals surface area contributed by atoms with Crippen molar-refractivity contribution >= 4 is 22.9 Å². The summed E-state index contributed by atoms with van der Waals surface area (Å²) in [6.45, 7) is 16.1. The Balaban J connectivity index is 0.000000771. The standard InChI is InChI=1S/C16H16.C2H6/c1-5-13-11(3)15-9-7-8-10-16(15)12(4)14(13)6-2;1-2/h5-10H,1-2H2,3-4H3;1-2H3. The summed E-state index contributed by atoms with van der Waals surface area (Å²) in [5.74, 6) is 0. The van der Waals surface area contributed by atoms with Crippen LogP contribution in [0.5, 0.6) is 0 Å². The molecule has 0 atom stereocenters. The summed E-state index contributed by atoms with van der Waals surface area (Å²) < 4.78 is 0. The van der Waals surface area contributed by atoms with Gasteiger partial charge >= 0.3 is 0 Å². The molecule has 2 rings (SSSR count). The van der Waals surface area contributed by atoms with Gasteiger partial charge in [-0.15, -0.1) is 0 Å². The summed E-state index contributed by atoms with van der Waals surface area (Å²) in [5.41, 5.74) is 4.97. The van der Waals surface area contributed by atoms with Crippen molar-refractivity contribution in [3.05, 3.63) is 59.7 Å². The number of aryl methyl sites for hydroxylation is 2. The highest BCUT2D eigenvalue weighted by molar-refractivity contribution is 5.95. The van der Waals surface area contributed by atoms with Crippen molar-refractivity contribution in [2.24, 2.45) is 0 Å². The molecule has 18 heavy (non-hydrogen) atoms. The smallest absolute Gasteiger partial charge is 0.0146 e. The van der Waals surface area contributed by atoms with Gasteiger partial charge in [0.15, 0.2) is 0 Å². The van der Waals surface area contributed by atoms with Crippen LogP contribution in [0, 0.1) is 13.8 Å². The zero-order chi connectivity index (χ0) is 13.7. The highest BCUT2D eigenvalue weighted by atomic mass is 14.1. The molecule has 94 valence electrons. The lowest BCUT2D eigenvalue weighted by Gasteiger charge is -2.14. The van der Waals surface area contributed by atoms with Gasteiger partial charge in [-0.3, -0.25) is 0 Å². The van der Waals surface area contributed by atoms with E-state index in [1.54, 1.807) is 0 Å². The van der Waals surface area contributed by atoms with Gasteiger partial charge < -0.3 is 0 Å². The third-order valence-electron chi connectivity index (χ3n) is 3.24. The molecule has 0 unspecified atom stereocenters. The Hall–Kier alpha value is -1.82. The van der Waals surface area contributed by atoms with Gasteiger partial charge in [-0.25, -0.2) is 0 Å². The van der Waals surface area contributed by atoms with Gasteiger partial charge in [0.05, 0.1) is 0 Å². The van der Waals surface area contributed by atoms with Crippen LogP contribution in [-0.2, 0) is 0 Å². The zero-order valence-electron chi connectivity index (χ0n) is 11.9. The number of fused-ring (bicyclic) bond motifs is 1. The number of hydrogen-bond acceptors (Lipinski definition) is 0. The molecule has 0 aromatic heterocycles. The Bertz CT molecular complexity index is 522. The number of rotatable bonds is 2. The van der Waals surface area contributed by atoms with Gasteiger partial charge in [-0.1, -0.05) is 63.4 Å². The molecule has 0 heteroatoms. The predicted octanol–water partition coefficient (Wildman–Crippen LogP) is 5.77. The van der Waals surface area contributed by atoms with Crippen LogP contribution in [0.25, 0.3) is 22.9 Å². The summed E-state index contributed by atoms with van der Waals surface area (Å²) >= 11 is 0. The van der Waals surface area contributed by atoms with E-state index in [-0.39, 0.29) is 0 Å². The lowest BCUT2D eigenvalue weighted by Crippen LogP contribution is -1.93. The van der Waals surface area contributed by atoms with E-state index in [1.165, 1.54) is 33.0 Å². The fourth-order valence-corrected chi connectivity index (χ4v) is 2.36. The quantitative estimate of drug-likeness (QED) is 0.623. The molecule has 0 radical (unpaired) electrons. The molecule has 0 N–H and O–H groups in total. The maximum Gasteiger partial charge on any atom is -0.0146 e. The topological polar surface area (TPSA) is 0 Å². The zero-order valence-corrected chi connectivity index (χ0v) is 11.9. The second kappa shape index (κ2) is 6.20. The second-order valence-corrected chi connectivity index (χ2v) is 4.03. The first kappa shape index (κ1) is 14.2. The largest absolute Gasteiger partial charge is 0.0984 e. The van der Waals surface area contributed by atoms with E-state index in [0.717, 1.165) is 0 Å². The van der Waals surface area contributed by atoms with E-state index in [4.69, 9.17) is 0 Å². The van der Waals surface area contributed by atoms with E-state index in [9.17, 15) is 0 Å². The van der Waals surface area contributed by atoms with Crippen molar-refractivity contribution in [3.63, 3.8) is 0 Å². The molecule has 0 spiro atoms. The highest BCUT2D eigenvalue weighted by Crippen LogP contribution is 2.30. The minimum absolute atomic E-state index is 1.20. The summed E-state index contributed by atoms with van der Waals surface area (Å²) in [7, 11) is 0. The Morgan fingerprint density at radius 1 is 0.778 bits per heavy atom. The van der Waals surface area contributed by atoms with E-state index >= 15 is 0 Å². The van der Waals surface area contributed by atoms with Crippen LogP contribution in [-0.4, -0.2) is 0 Å². The predicted molar refractivity (Wildman–Crippen MR) is 85.0 cm³/mol. The minimum atomic E-state index is 1.20. The Kier molecular flexibility index (Phi) is 4.91. The van der Waals surface area contributed by atoms with Gasteiger partial charge in [-0.05, 0) is 46.9 Å². The molecule has 0 aliphatic rings. The van der Waals surface area contributed by atoms with Crippen LogP contribution in [0.15, 0.2) is 37.4 Å². The van der Waals surface area contributed by atoms with Crippen molar-refractivity contribution in [2.75, 3.05) is 0 Å². The molecular formula is C18H22. The molecule has 0 nitrogen and oxygen atoms in total. The maximum absolute atomic E-state index is 3.90. The minimum Gasteiger partial charge on any atom is -0.0984 e. The second-order valence-electron chi connectivity index (χ2n) is 4.03. The molecule has 0 saturated carbocycles. The van der Waals surface area contributed by atoms with Crippen LogP contribution >= 0.6 is 0 Å². The number of benzene rings is 2. The van der Waals surface area contributed by atoms with Crippen LogP contribution in [0.4, 0.5) is 0 Å². The van der Waals surface area contributed by atoms with Crippen molar-refractivity contribution in [1.82, 2.24) is 0 Å². The van der Waals surface area contributed by atoms with Crippen LogP contribution in [0.3, 0.4) is 0 Å². The average Bonchev–Trinajstić information content (AvgIpc) is 2.44. The van der Waals surface area contributed by atoms with Crippen LogP contribution in [0.2, 0.25) is 0 Å². The summed E-state index contributed by atoms with van der Waals surface area (Å²) in [5, 5.41) is 2.61. The first-order chi connectivity index (χ1) is 8.70. The summed E-state index contributed by atoms with van der Waals surface area (Å²) in [6, 6.07) is 8.49. The van der Waals surface area contributed by atoms with Crippen molar-refractivity contribution in [3.8, 4) is 0 Å². The normalized spacial score (nSPS) is 9.56. The highest BCUT2D eigenvalue weighted by Gasteiger charge is 2.09. The Morgan fingerprint density at radius 2 is 1.11 bits per heavy atom. The van der Waals surface area contributed by atoms with E-state index in [1.807, 2.05) is 26.0 Å². The van der Waals surface area contributed by atoms with E-state index < -0.39 is 0 Å². The first-order valence-electron chi connectivity index (χ1n) is 6.47. The van der Waals surface area contributed by atoms with E-state index in [0.29, 0.717) is 0 Å². The first-order valence-corrected chi connectivity index (χ1v) is 6.47. The van der Waals surface area contributed by atoms with Crippen molar-refractivity contribution in [2.45, 2.75) is 27.7 Å². The molecule has 0 bridgehead atoms. The fourth-order valence-electron chi connectivity index (χ4n) is 2.36. The molecule has 0 aliphatic carbocycles. The molecule has 2 aromatic rings. The Labute approximate surface area is 111 Å². The summed E-state index contributed by atoms with van der Waals surface area (Å²) in [6.07, 6.45) is 3.84. The van der Waals surface area contributed by atoms with Gasteiger partial charge in [0.1, 0.15) is 0 Å². The van der Waals surface area contributed by atoms with Crippen LogP contribution < -0.4 is 0 Å². The third-order valence-corrected chi connectivity index (χ3v) is 3.24. The molecule has 0 heterocycles. The van der Waals surface area contributed by atoms with Gasteiger partial charge in [0.2, 0.25) is 0 Å². The van der Waals surface area contributed by atoms with E-state index in [2.05, 4.69) is 51.3 Å². The van der Waals surface area contributed by atoms with Gasteiger partial charge in [-0.2, -0.15) is 0 Å². The molecule has 0 amide bonds. The monoisotopic (exact) mass is 238 g/mol. The molecule has 0 fully saturated rings. The van der Waals surface area contributed by atoms with Gasteiger partial charge in [0.25, 0.3) is 0 Å². The van der Waals surface area contributed by atoms with Crippen LogP contribution in [0.1, 0.15) is 36.1 Å². The average molecular weight is 238 g/mol. The fraction of sp³-hybridized carbons (Fsp3) is 0.222. The third kappa shape index (κ3) is 2.24. The molecule has 2 aromatic carbocycles. The van der Waals surface area contributed by atoms with Crippen molar-refractivity contribution in [1.29, 1.82) is 0 Å². The summed E-state index contributed by atoms with van der Waals surface area (Å²) in [4.78, 5) is 0. The molecule has 0 saturated heterocycles. The number of hydrogen-bond donors (Lipinski definition) is 0.